The molecule has 7 heteroatoms. The molecule has 30 heavy (non-hydrogen) atoms. The molecule has 2 aromatic rings. The Morgan fingerprint density at radius 2 is 1.87 bits per heavy atom. The van der Waals surface area contributed by atoms with Gasteiger partial charge in [-0.2, -0.15) is 0 Å². The van der Waals surface area contributed by atoms with Crippen molar-refractivity contribution < 1.29 is 9.18 Å². The van der Waals surface area contributed by atoms with Crippen molar-refractivity contribution in [2.75, 3.05) is 18.9 Å². The minimum atomic E-state index is -0.215. The third kappa shape index (κ3) is 5.95. The largest absolute Gasteiger partial charge is 0.356 e. The lowest BCUT2D eigenvalue weighted by molar-refractivity contribution is 0.250. The molecule has 6 nitrogen and oxygen atoms in total. The van der Waals surface area contributed by atoms with E-state index < -0.39 is 0 Å². The molecule has 160 valence electrons. The van der Waals surface area contributed by atoms with Crippen LogP contribution < -0.4 is 21.3 Å². The quantitative estimate of drug-likeness (QED) is 0.414. The zero-order chi connectivity index (χ0) is 21.6. The number of anilines is 1. The molecule has 1 aliphatic rings. The fraction of sp³-hybridized carbons (Fsp3) is 0.391. The number of benzene rings is 2. The predicted octanol–water partition coefficient (Wildman–Crippen LogP) is 3.75. The average Bonchev–Trinajstić information content (AvgIpc) is 3.50. The van der Waals surface area contributed by atoms with Crippen LogP contribution in [0.3, 0.4) is 0 Å². The summed E-state index contributed by atoms with van der Waals surface area (Å²) in [4.78, 5) is 16.0. The SMILES string of the molecule is CN=C(NCc1ccc(NC(=O)NC(C)C)cc1)NCC1(c2cccc(F)c2)CC1. The Kier molecular flexibility index (Phi) is 6.92. The van der Waals surface area contributed by atoms with Crippen LogP contribution in [0.2, 0.25) is 0 Å². The van der Waals surface area contributed by atoms with E-state index in [9.17, 15) is 9.18 Å². The first-order valence-corrected chi connectivity index (χ1v) is 10.3. The molecule has 2 aromatic carbocycles. The van der Waals surface area contributed by atoms with Gasteiger partial charge in [-0.15, -0.1) is 0 Å². The van der Waals surface area contributed by atoms with Crippen molar-refractivity contribution in [1.82, 2.24) is 16.0 Å². The Hall–Kier alpha value is -3.09. The van der Waals surface area contributed by atoms with E-state index in [1.165, 1.54) is 6.07 Å². The summed E-state index contributed by atoms with van der Waals surface area (Å²) >= 11 is 0. The first kappa shape index (κ1) is 21.6. The number of carbonyl (C=O) groups excluding carboxylic acids is 1. The maximum atomic E-state index is 13.6. The molecule has 0 spiro atoms. The number of amides is 2. The minimum absolute atomic E-state index is 0.0103. The maximum Gasteiger partial charge on any atom is 0.319 e. The molecular formula is C23H30FN5O. The van der Waals surface area contributed by atoms with Gasteiger partial charge < -0.3 is 21.3 Å². The molecule has 0 saturated heterocycles. The van der Waals surface area contributed by atoms with Gasteiger partial charge in [0, 0.05) is 37.3 Å². The van der Waals surface area contributed by atoms with Crippen LogP contribution in [-0.2, 0) is 12.0 Å². The number of carbonyl (C=O) groups is 1. The lowest BCUT2D eigenvalue weighted by Gasteiger charge is -2.19. The summed E-state index contributed by atoms with van der Waals surface area (Å²) in [7, 11) is 1.73. The van der Waals surface area contributed by atoms with Crippen LogP contribution in [0.15, 0.2) is 53.5 Å². The highest BCUT2D eigenvalue weighted by atomic mass is 19.1. The zero-order valence-corrected chi connectivity index (χ0v) is 17.8. The van der Waals surface area contributed by atoms with E-state index in [-0.39, 0.29) is 23.3 Å². The van der Waals surface area contributed by atoms with Crippen molar-refractivity contribution in [2.45, 2.75) is 44.7 Å². The normalized spacial score (nSPS) is 14.9. The van der Waals surface area contributed by atoms with Crippen molar-refractivity contribution in [3.63, 3.8) is 0 Å². The Labute approximate surface area is 177 Å². The highest BCUT2D eigenvalue weighted by Crippen LogP contribution is 2.47. The first-order chi connectivity index (χ1) is 14.4. The third-order valence-corrected chi connectivity index (χ3v) is 5.20. The summed E-state index contributed by atoms with van der Waals surface area (Å²) in [5.74, 6) is 0.511. The maximum absolute atomic E-state index is 13.6. The van der Waals surface area contributed by atoms with E-state index >= 15 is 0 Å². The lowest BCUT2D eigenvalue weighted by atomic mass is 9.96. The molecule has 3 rings (SSSR count). The molecule has 0 atom stereocenters. The minimum Gasteiger partial charge on any atom is -0.356 e. The number of hydrogen-bond acceptors (Lipinski definition) is 2. The summed E-state index contributed by atoms with van der Waals surface area (Å²) in [5.41, 5.74) is 2.84. The van der Waals surface area contributed by atoms with Gasteiger partial charge in [-0.3, -0.25) is 4.99 Å². The summed E-state index contributed by atoms with van der Waals surface area (Å²) in [6.45, 7) is 5.14. The van der Waals surface area contributed by atoms with E-state index in [2.05, 4.69) is 26.3 Å². The molecule has 2 amide bonds. The van der Waals surface area contributed by atoms with E-state index in [1.54, 1.807) is 19.2 Å². The van der Waals surface area contributed by atoms with Gasteiger partial charge in [0.1, 0.15) is 5.82 Å². The zero-order valence-electron chi connectivity index (χ0n) is 17.8. The molecule has 0 heterocycles. The van der Waals surface area contributed by atoms with Crippen molar-refractivity contribution in [3.05, 3.63) is 65.5 Å². The Balaban J connectivity index is 1.48. The summed E-state index contributed by atoms with van der Waals surface area (Å²) in [5, 5.41) is 12.3. The second-order valence-electron chi connectivity index (χ2n) is 8.02. The van der Waals surface area contributed by atoms with Crippen LogP contribution in [0.5, 0.6) is 0 Å². The predicted molar refractivity (Wildman–Crippen MR) is 119 cm³/mol. The van der Waals surface area contributed by atoms with Gasteiger partial charge in [0.15, 0.2) is 5.96 Å². The molecule has 0 unspecified atom stereocenters. The molecule has 1 fully saturated rings. The van der Waals surface area contributed by atoms with Crippen molar-refractivity contribution in [1.29, 1.82) is 0 Å². The van der Waals surface area contributed by atoms with Gasteiger partial charge in [-0.1, -0.05) is 24.3 Å². The van der Waals surface area contributed by atoms with Gasteiger partial charge in [0.05, 0.1) is 0 Å². The van der Waals surface area contributed by atoms with Crippen molar-refractivity contribution in [3.8, 4) is 0 Å². The van der Waals surface area contributed by atoms with Crippen molar-refractivity contribution >= 4 is 17.7 Å². The van der Waals surface area contributed by atoms with Gasteiger partial charge in [-0.05, 0) is 62.1 Å². The van der Waals surface area contributed by atoms with Gasteiger partial charge in [0.25, 0.3) is 0 Å². The first-order valence-electron chi connectivity index (χ1n) is 10.3. The third-order valence-electron chi connectivity index (χ3n) is 5.20. The van der Waals surface area contributed by atoms with Crippen molar-refractivity contribution in [2.24, 2.45) is 4.99 Å². The van der Waals surface area contributed by atoms with Crippen LogP contribution in [0, 0.1) is 5.82 Å². The fourth-order valence-corrected chi connectivity index (χ4v) is 3.33. The molecule has 0 aromatic heterocycles. The Morgan fingerprint density at radius 3 is 2.47 bits per heavy atom. The number of rotatable bonds is 7. The van der Waals surface area contributed by atoms with Crippen LogP contribution in [0.4, 0.5) is 14.9 Å². The number of halogens is 1. The number of aliphatic imine (C=N–C) groups is 1. The van der Waals surface area contributed by atoms with E-state index in [0.717, 1.165) is 29.7 Å². The molecular weight excluding hydrogens is 381 g/mol. The summed E-state index contributed by atoms with van der Waals surface area (Å²) in [6.07, 6.45) is 2.08. The second kappa shape index (κ2) is 9.61. The van der Waals surface area contributed by atoms with Crippen LogP contribution >= 0.6 is 0 Å². The van der Waals surface area contributed by atoms with Crippen LogP contribution in [-0.4, -0.2) is 31.6 Å². The summed E-state index contributed by atoms with van der Waals surface area (Å²) < 4.78 is 13.6. The number of nitrogens with zero attached hydrogens (tertiary/aromatic N) is 1. The number of hydrogen-bond donors (Lipinski definition) is 4. The van der Waals surface area contributed by atoms with E-state index in [4.69, 9.17) is 0 Å². The Morgan fingerprint density at radius 1 is 1.13 bits per heavy atom. The van der Waals surface area contributed by atoms with E-state index in [0.29, 0.717) is 19.0 Å². The van der Waals surface area contributed by atoms with Crippen LogP contribution in [0.25, 0.3) is 0 Å². The van der Waals surface area contributed by atoms with Crippen LogP contribution in [0.1, 0.15) is 37.8 Å². The highest BCUT2D eigenvalue weighted by Gasteiger charge is 2.44. The topological polar surface area (TPSA) is 77.5 Å². The average molecular weight is 412 g/mol. The Bertz CT molecular complexity index is 891. The standard InChI is InChI=1S/C23H30FN5O/c1-16(2)28-22(30)29-20-9-7-17(8-10-20)14-26-21(25-3)27-15-23(11-12-23)18-5-4-6-19(24)13-18/h4-10,13,16H,11-12,14-15H2,1-3H3,(H2,25,26,27)(H2,28,29,30). The van der Waals surface area contributed by atoms with E-state index in [1.807, 2.05) is 44.2 Å². The second-order valence-corrected chi connectivity index (χ2v) is 8.02. The number of guanidine groups is 1. The molecule has 0 aliphatic heterocycles. The molecule has 4 N–H and O–H groups in total. The smallest absolute Gasteiger partial charge is 0.319 e. The number of urea groups is 1. The number of nitrogens with one attached hydrogen (secondary N) is 4. The molecule has 0 bridgehead atoms. The molecule has 1 saturated carbocycles. The highest BCUT2D eigenvalue weighted by molar-refractivity contribution is 5.89. The lowest BCUT2D eigenvalue weighted by Crippen LogP contribution is -2.40. The molecule has 0 radical (unpaired) electrons. The van der Waals surface area contributed by atoms with Gasteiger partial charge >= 0.3 is 6.03 Å². The summed E-state index contributed by atoms with van der Waals surface area (Å²) in [6, 6.07) is 14.4. The molecule has 1 aliphatic carbocycles. The van der Waals surface area contributed by atoms with Gasteiger partial charge in [-0.25, -0.2) is 9.18 Å². The monoisotopic (exact) mass is 411 g/mol. The fourth-order valence-electron chi connectivity index (χ4n) is 3.33. The van der Waals surface area contributed by atoms with Gasteiger partial charge in [0.2, 0.25) is 0 Å².